The maximum Gasteiger partial charge on any atom is 0.256 e. The molecule has 6 heteroatoms. The summed E-state index contributed by atoms with van der Waals surface area (Å²) in [5.74, 6) is 1.09. The van der Waals surface area contributed by atoms with Gasteiger partial charge in [0.25, 0.3) is 5.91 Å². The Kier molecular flexibility index (Phi) is 5.30. The van der Waals surface area contributed by atoms with Crippen molar-refractivity contribution in [2.24, 2.45) is 0 Å². The van der Waals surface area contributed by atoms with E-state index in [0.717, 1.165) is 21.6 Å². The Bertz CT molecular complexity index is 865. The average molecular weight is 398 g/mol. The largest absolute Gasteiger partial charge is 0.497 e. The highest BCUT2D eigenvalue weighted by Gasteiger charge is 2.07. The quantitative estimate of drug-likeness (QED) is 0.645. The molecule has 3 rings (SSSR count). The van der Waals surface area contributed by atoms with Gasteiger partial charge in [-0.05, 0) is 54.6 Å². The number of hydrogen-bond acceptors (Lipinski definition) is 4. The van der Waals surface area contributed by atoms with E-state index in [1.165, 1.54) is 0 Å². The number of aromatic nitrogens is 1. The molecule has 0 spiro atoms. The lowest BCUT2D eigenvalue weighted by atomic mass is 10.2. The smallest absolute Gasteiger partial charge is 0.256 e. The van der Waals surface area contributed by atoms with Crippen LogP contribution in [0, 0.1) is 0 Å². The van der Waals surface area contributed by atoms with E-state index < -0.39 is 0 Å². The van der Waals surface area contributed by atoms with Gasteiger partial charge in [-0.15, -0.1) is 0 Å². The van der Waals surface area contributed by atoms with Crippen molar-refractivity contribution in [3.8, 4) is 5.75 Å². The van der Waals surface area contributed by atoms with Crippen molar-refractivity contribution < 1.29 is 9.53 Å². The van der Waals surface area contributed by atoms with Crippen LogP contribution in [0.1, 0.15) is 10.4 Å². The Morgan fingerprint density at radius 3 is 2.44 bits per heavy atom. The number of benzene rings is 2. The number of pyridine rings is 1. The van der Waals surface area contributed by atoms with Crippen molar-refractivity contribution in [1.29, 1.82) is 0 Å². The van der Waals surface area contributed by atoms with Crippen LogP contribution in [0.25, 0.3) is 0 Å². The summed E-state index contributed by atoms with van der Waals surface area (Å²) in [6.07, 6.45) is 1.67. The number of hydrogen-bond donors (Lipinski definition) is 2. The minimum atomic E-state index is -0.204. The van der Waals surface area contributed by atoms with Gasteiger partial charge in [0.1, 0.15) is 11.6 Å². The molecule has 3 aromatic rings. The topological polar surface area (TPSA) is 63.2 Å². The number of carbonyl (C=O) groups excluding carboxylic acids is 1. The van der Waals surface area contributed by atoms with Crippen molar-refractivity contribution in [3.63, 3.8) is 0 Å². The van der Waals surface area contributed by atoms with Crippen LogP contribution in [0.4, 0.5) is 17.2 Å². The van der Waals surface area contributed by atoms with Crippen molar-refractivity contribution in [3.05, 3.63) is 76.9 Å². The third kappa shape index (κ3) is 4.58. The molecule has 0 atom stereocenters. The number of ether oxygens (including phenoxy) is 1. The molecule has 1 amide bonds. The van der Waals surface area contributed by atoms with E-state index in [1.54, 1.807) is 31.5 Å². The zero-order chi connectivity index (χ0) is 17.6. The maximum atomic E-state index is 12.2. The number of halogens is 1. The molecular formula is C19H16BrN3O2. The molecule has 0 saturated carbocycles. The maximum absolute atomic E-state index is 12.2. The van der Waals surface area contributed by atoms with Gasteiger partial charge >= 0.3 is 0 Å². The Hall–Kier alpha value is -2.86. The third-order valence-corrected chi connectivity index (χ3v) is 3.96. The van der Waals surface area contributed by atoms with Gasteiger partial charge in [-0.2, -0.15) is 0 Å². The molecule has 1 aromatic heterocycles. The normalized spacial score (nSPS) is 10.2. The van der Waals surface area contributed by atoms with E-state index in [1.807, 2.05) is 42.5 Å². The second-order valence-electron chi connectivity index (χ2n) is 5.25. The van der Waals surface area contributed by atoms with E-state index in [9.17, 15) is 4.79 Å². The molecule has 0 aliphatic rings. The average Bonchev–Trinajstić information content (AvgIpc) is 2.64. The highest BCUT2D eigenvalue weighted by Crippen LogP contribution is 2.20. The number of amides is 1. The number of nitrogens with one attached hydrogen (secondary N) is 2. The first-order chi connectivity index (χ1) is 12.1. The molecule has 0 aliphatic heterocycles. The van der Waals surface area contributed by atoms with Gasteiger partial charge < -0.3 is 15.4 Å². The molecular weight excluding hydrogens is 382 g/mol. The van der Waals surface area contributed by atoms with Gasteiger partial charge in [0.15, 0.2) is 0 Å². The van der Waals surface area contributed by atoms with Crippen molar-refractivity contribution in [2.75, 3.05) is 17.7 Å². The van der Waals surface area contributed by atoms with Crippen LogP contribution in [-0.4, -0.2) is 18.0 Å². The van der Waals surface area contributed by atoms with Crippen molar-refractivity contribution in [2.45, 2.75) is 0 Å². The Morgan fingerprint density at radius 2 is 1.80 bits per heavy atom. The zero-order valence-electron chi connectivity index (χ0n) is 13.5. The molecule has 0 radical (unpaired) electrons. The second-order valence-corrected chi connectivity index (χ2v) is 6.17. The lowest BCUT2D eigenvalue weighted by Gasteiger charge is -2.09. The van der Waals surface area contributed by atoms with Gasteiger partial charge in [0, 0.05) is 15.7 Å². The van der Waals surface area contributed by atoms with Crippen LogP contribution in [-0.2, 0) is 0 Å². The van der Waals surface area contributed by atoms with E-state index >= 15 is 0 Å². The highest BCUT2D eigenvalue weighted by atomic mass is 79.9. The highest BCUT2D eigenvalue weighted by molar-refractivity contribution is 9.10. The standard InChI is InChI=1S/C19H16BrN3O2/c1-25-17-8-5-15(6-9-17)22-16-7-10-18(21-12-16)23-19(24)13-3-2-4-14(20)11-13/h2-12,22H,1H3,(H,21,23,24). The number of nitrogens with zero attached hydrogens (tertiary/aromatic N) is 1. The Balaban J connectivity index is 1.64. The van der Waals surface area contributed by atoms with E-state index in [0.29, 0.717) is 11.4 Å². The summed E-state index contributed by atoms with van der Waals surface area (Å²) < 4.78 is 5.99. The Morgan fingerprint density at radius 1 is 1.04 bits per heavy atom. The summed E-state index contributed by atoms with van der Waals surface area (Å²) in [7, 11) is 1.63. The SMILES string of the molecule is COc1ccc(Nc2ccc(NC(=O)c3cccc(Br)c3)nc2)cc1. The zero-order valence-corrected chi connectivity index (χ0v) is 15.1. The number of methoxy groups -OCH3 is 1. The summed E-state index contributed by atoms with van der Waals surface area (Å²) in [4.78, 5) is 16.5. The molecule has 0 bridgehead atoms. The van der Waals surface area contributed by atoms with Crippen LogP contribution in [0.5, 0.6) is 5.75 Å². The molecule has 5 nitrogen and oxygen atoms in total. The minimum absolute atomic E-state index is 0.204. The predicted octanol–water partition coefficient (Wildman–Crippen LogP) is 4.85. The third-order valence-electron chi connectivity index (χ3n) is 3.47. The fourth-order valence-corrected chi connectivity index (χ4v) is 2.60. The van der Waals surface area contributed by atoms with Crippen LogP contribution in [0.2, 0.25) is 0 Å². The molecule has 0 unspecified atom stereocenters. The van der Waals surface area contributed by atoms with E-state index in [4.69, 9.17) is 4.74 Å². The molecule has 1 heterocycles. The summed E-state index contributed by atoms with van der Waals surface area (Å²) in [6, 6.07) is 18.4. The van der Waals surface area contributed by atoms with Crippen LogP contribution >= 0.6 is 15.9 Å². The van der Waals surface area contributed by atoms with E-state index in [-0.39, 0.29) is 5.91 Å². The molecule has 0 saturated heterocycles. The molecule has 126 valence electrons. The van der Waals surface area contributed by atoms with Gasteiger partial charge in [0.2, 0.25) is 0 Å². The molecule has 2 N–H and O–H groups in total. The van der Waals surface area contributed by atoms with Gasteiger partial charge in [-0.3, -0.25) is 4.79 Å². The number of anilines is 3. The van der Waals surface area contributed by atoms with Crippen LogP contribution in [0.15, 0.2) is 71.3 Å². The first kappa shape index (κ1) is 17.0. The van der Waals surface area contributed by atoms with Gasteiger partial charge in [-0.1, -0.05) is 22.0 Å². The first-order valence-corrected chi connectivity index (χ1v) is 8.37. The van der Waals surface area contributed by atoms with E-state index in [2.05, 4.69) is 31.5 Å². The fraction of sp³-hybridized carbons (Fsp3) is 0.0526. The first-order valence-electron chi connectivity index (χ1n) is 7.58. The molecule has 2 aromatic carbocycles. The number of carbonyl (C=O) groups is 1. The van der Waals surface area contributed by atoms with Crippen molar-refractivity contribution >= 4 is 39.0 Å². The monoisotopic (exact) mass is 397 g/mol. The summed E-state index contributed by atoms with van der Waals surface area (Å²) in [5, 5.41) is 6.01. The minimum Gasteiger partial charge on any atom is -0.497 e. The van der Waals surface area contributed by atoms with Gasteiger partial charge in [0.05, 0.1) is 19.0 Å². The van der Waals surface area contributed by atoms with Gasteiger partial charge in [-0.25, -0.2) is 4.98 Å². The predicted molar refractivity (Wildman–Crippen MR) is 103 cm³/mol. The lowest BCUT2D eigenvalue weighted by molar-refractivity contribution is 0.102. The molecule has 0 aliphatic carbocycles. The van der Waals surface area contributed by atoms with Crippen molar-refractivity contribution in [1.82, 2.24) is 4.98 Å². The molecule has 25 heavy (non-hydrogen) atoms. The van der Waals surface area contributed by atoms with Crippen LogP contribution in [0.3, 0.4) is 0 Å². The molecule has 0 fully saturated rings. The van der Waals surface area contributed by atoms with Crippen LogP contribution < -0.4 is 15.4 Å². The summed E-state index contributed by atoms with van der Waals surface area (Å²) >= 11 is 3.35. The lowest BCUT2D eigenvalue weighted by Crippen LogP contribution is -2.12. The summed E-state index contributed by atoms with van der Waals surface area (Å²) in [6.45, 7) is 0. The fourth-order valence-electron chi connectivity index (χ4n) is 2.20. The second kappa shape index (κ2) is 7.81. The summed E-state index contributed by atoms with van der Waals surface area (Å²) in [5.41, 5.74) is 2.32. The number of rotatable bonds is 5. The Labute approximate surface area is 154 Å².